The molecule has 0 saturated heterocycles. The maximum atomic E-state index is 12.8. The van der Waals surface area contributed by atoms with E-state index < -0.39 is 75.7 Å². The number of hydrogen-bond acceptors (Lipinski definition) is 12. The monoisotopic (exact) mass is 963 g/mol. The highest BCUT2D eigenvalue weighted by Gasteiger charge is 2.51. The molecule has 0 heterocycles. The van der Waals surface area contributed by atoms with Gasteiger partial charge in [-0.05, 0) is 89.9 Å². The van der Waals surface area contributed by atoms with Crippen LogP contribution < -0.4 is 0 Å². The Hall–Kier alpha value is -3.23. The number of rotatable bonds is 40. The Morgan fingerprint density at radius 1 is 0.463 bits per heavy atom. The molecule has 0 bridgehead atoms. The Kier molecular flexibility index (Phi) is 38.5. The normalized spacial score (nSPS) is 22.0. The predicted molar refractivity (Wildman–Crippen MR) is 267 cm³/mol. The number of unbranched alkanes of at least 4 members (excludes halogenated alkanes) is 12. The molecule has 1 rings (SSSR count). The molecule has 1 fully saturated rings. The van der Waals surface area contributed by atoms with Crippen molar-refractivity contribution in [1.29, 1.82) is 0 Å². The Morgan fingerprint density at radius 2 is 0.806 bits per heavy atom. The lowest BCUT2D eigenvalue weighted by Gasteiger charge is -2.41. The molecule has 14 heteroatoms. The first-order chi connectivity index (χ1) is 32.4. The van der Waals surface area contributed by atoms with Crippen LogP contribution in [0.2, 0.25) is 0 Å². The zero-order chi connectivity index (χ0) is 49.2. The van der Waals surface area contributed by atoms with E-state index in [1.54, 1.807) is 0 Å². The Labute approximate surface area is 402 Å². The molecule has 0 aromatic heterocycles. The summed E-state index contributed by atoms with van der Waals surface area (Å²) < 4.78 is 33.6. The van der Waals surface area contributed by atoms with E-state index in [1.165, 1.54) is 6.42 Å². The molecule has 0 aliphatic heterocycles. The van der Waals surface area contributed by atoms with Gasteiger partial charge in [0.2, 0.25) is 0 Å². The SMILES string of the molecule is CC/C=C\C/C=C\C/C=C\C/C=C\CCCCCCCCCCC(=O)OC(COC(=O)CCCCCC/C=C\C/C=C\C/C=C\C/C=C\CC)COP(=O)(O)OC1C(O)C(O)C(O)C(O)C1O. The molecule has 6 unspecified atom stereocenters. The van der Waals surface area contributed by atoms with Crippen LogP contribution in [0.3, 0.4) is 0 Å². The number of aliphatic hydroxyl groups is 5. The summed E-state index contributed by atoms with van der Waals surface area (Å²) in [7, 11) is -5.14. The van der Waals surface area contributed by atoms with Gasteiger partial charge in [0.15, 0.2) is 6.10 Å². The smallest absolute Gasteiger partial charge is 0.462 e. The quantitative estimate of drug-likeness (QED) is 0.0146. The van der Waals surface area contributed by atoms with Gasteiger partial charge in [0.1, 0.15) is 43.2 Å². The van der Waals surface area contributed by atoms with Crippen molar-refractivity contribution in [2.75, 3.05) is 13.2 Å². The Morgan fingerprint density at radius 3 is 1.22 bits per heavy atom. The first kappa shape index (κ1) is 61.8. The molecule has 1 saturated carbocycles. The fraction of sp³-hybridized carbons (Fsp3) is 0.660. The highest BCUT2D eigenvalue weighted by molar-refractivity contribution is 7.47. The molecule has 0 amide bonds. The fourth-order valence-corrected chi connectivity index (χ4v) is 7.95. The van der Waals surface area contributed by atoms with Crippen molar-refractivity contribution in [3.05, 3.63) is 97.2 Å². The van der Waals surface area contributed by atoms with E-state index in [0.717, 1.165) is 122 Å². The number of hydrogen-bond donors (Lipinski definition) is 6. The van der Waals surface area contributed by atoms with Crippen LogP contribution in [0.4, 0.5) is 0 Å². The number of carbonyl (C=O) groups excluding carboxylic acids is 2. The van der Waals surface area contributed by atoms with E-state index in [2.05, 4.69) is 111 Å². The van der Waals surface area contributed by atoms with Crippen LogP contribution in [-0.4, -0.2) is 98.3 Å². The number of allylic oxidation sites excluding steroid dienone is 16. The average molecular weight is 963 g/mol. The van der Waals surface area contributed by atoms with E-state index >= 15 is 0 Å². The minimum absolute atomic E-state index is 0.0755. The van der Waals surface area contributed by atoms with Crippen molar-refractivity contribution < 1.29 is 63.1 Å². The number of esters is 2. The first-order valence-electron chi connectivity index (χ1n) is 25.0. The summed E-state index contributed by atoms with van der Waals surface area (Å²) in [6, 6.07) is 0. The van der Waals surface area contributed by atoms with Crippen LogP contribution in [0.25, 0.3) is 0 Å². The molecule has 1 aliphatic carbocycles. The molecule has 67 heavy (non-hydrogen) atoms. The highest BCUT2D eigenvalue weighted by Crippen LogP contribution is 2.47. The van der Waals surface area contributed by atoms with E-state index in [0.29, 0.717) is 12.8 Å². The van der Waals surface area contributed by atoms with Crippen LogP contribution in [0.15, 0.2) is 97.2 Å². The maximum absolute atomic E-state index is 12.8. The van der Waals surface area contributed by atoms with Gasteiger partial charge in [0.05, 0.1) is 6.61 Å². The molecule has 6 N–H and O–H groups in total. The maximum Gasteiger partial charge on any atom is 0.472 e. The summed E-state index contributed by atoms with van der Waals surface area (Å²) in [5, 5.41) is 50.3. The standard InChI is InChI=1S/C53H87O13P/c1-3-5-7-9-11-13-15-17-19-21-22-23-24-26-28-30-32-34-36-38-40-42-47(55)65-45(44-64-67(61,62)66-53-51(59)49(57)48(56)50(58)52(53)60)43-63-46(54)41-39-37-35-33-31-29-27-25-20-18-16-14-12-10-8-6-4-2/h5-8,11-14,17-20,22-23,27,29,45,48-53,56-60H,3-4,9-10,15-16,21,24-26,28,30-44H2,1-2H3,(H,61,62)/b7-5-,8-6-,13-11-,14-12-,19-17-,20-18-,23-22-,29-27-. The summed E-state index contributed by atoms with van der Waals surface area (Å²) in [6.07, 6.45) is 43.0. The molecule has 0 spiro atoms. The summed E-state index contributed by atoms with van der Waals surface area (Å²) in [5.74, 6) is -1.14. The number of ether oxygens (including phenoxy) is 2. The zero-order valence-corrected chi connectivity index (χ0v) is 41.5. The lowest BCUT2D eigenvalue weighted by Crippen LogP contribution is -2.64. The lowest BCUT2D eigenvalue weighted by atomic mass is 9.85. The van der Waals surface area contributed by atoms with Crippen molar-refractivity contribution in [1.82, 2.24) is 0 Å². The molecule has 13 nitrogen and oxygen atoms in total. The van der Waals surface area contributed by atoms with Crippen molar-refractivity contribution in [3.8, 4) is 0 Å². The average Bonchev–Trinajstić information content (AvgIpc) is 3.31. The van der Waals surface area contributed by atoms with Crippen LogP contribution in [-0.2, 0) is 32.7 Å². The highest BCUT2D eigenvalue weighted by atomic mass is 31.2. The van der Waals surface area contributed by atoms with Gasteiger partial charge in [-0.1, -0.05) is 162 Å². The molecule has 382 valence electrons. The molecule has 6 atom stereocenters. The summed E-state index contributed by atoms with van der Waals surface area (Å²) in [4.78, 5) is 35.8. The van der Waals surface area contributed by atoms with Gasteiger partial charge in [0, 0.05) is 12.8 Å². The third kappa shape index (κ3) is 33.8. The van der Waals surface area contributed by atoms with Crippen molar-refractivity contribution in [2.24, 2.45) is 0 Å². The fourth-order valence-electron chi connectivity index (χ4n) is 6.97. The lowest BCUT2D eigenvalue weighted by molar-refractivity contribution is -0.220. The first-order valence-corrected chi connectivity index (χ1v) is 26.5. The molecule has 0 aromatic carbocycles. The topological polar surface area (TPSA) is 210 Å². The largest absolute Gasteiger partial charge is 0.472 e. The van der Waals surface area contributed by atoms with Crippen LogP contribution in [0.1, 0.15) is 168 Å². The second-order valence-electron chi connectivity index (χ2n) is 16.9. The summed E-state index contributed by atoms with van der Waals surface area (Å²) >= 11 is 0. The van der Waals surface area contributed by atoms with E-state index in [4.69, 9.17) is 18.5 Å². The van der Waals surface area contributed by atoms with Gasteiger partial charge in [0.25, 0.3) is 0 Å². The summed E-state index contributed by atoms with van der Waals surface area (Å²) in [5.41, 5.74) is 0. The van der Waals surface area contributed by atoms with Crippen molar-refractivity contribution >= 4 is 19.8 Å². The van der Waals surface area contributed by atoms with Gasteiger partial charge in [-0.2, -0.15) is 0 Å². The van der Waals surface area contributed by atoms with E-state index in [9.17, 15) is 44.6 Å². The van der Waals surface area contributed by atoms with Gasteiger partial charge in [-0.3, -0.25) is 18.6 Å². The minimum Gasteiger partial charge on any atom is -0.462 e. The van der Waals surface area contributed by atoms with Crippen molar-refractivity contribution in [3.63, 3.8) is 0 Å². The summed E-state index contributed by atoms with van der Waals surface area (Å²) in [6.45, 7) is 3.05. The second kappa shape index (κ2) is 41.7. The van der Waals surface area contributed by atoms with Gasteiger partial charge in [-0.25, -0.2) is 4.57 Å². The predicted octanol–water partition coefficient (Wildman–Crippen LogP) is 10.6. The molecule has 0 radical (unpaired) electrons. The van der Waals surface area contributed by atoms with Gasteiger partial charge < -0.3 is 39.9 Å². The zero-order valence-electron chi connectivity index (χ0n) is 40.7. The van der Waals surface area contributed by atoms with E-state index in [1.807, 2.05) is 0 Å². The van der Waals surface area contributed by atoms with Crippen LogP contribution in [0.5, 0.6) is 0 Å². The minimum atomic E-state index is -5.14. The number of phosphoric ester groups is 1. The Bertz CT molecular complexity index is 1530. The third-order valence-corrected chi connectivity index (χ3v) is 11.9. The van der Waals surface area contributed by atoms with Gasteiger partial charge >= 0.3 is 19.8 Å². The van der Waals surface area contributed by atoms with Crippen molar-refractivity contribution in [2.45, 2.75) is 211 Å². The van der Waals surface area contributed by atoms with Gasteiger partial charge in [-0.15, -0.1) is 0 Å². The molecular formula is C53H87O13P. The molecular weight excluding hydrogens is 876 g/mol. The molecule has 0 aromatic rings. The number of carbonyl (C=O) groups is 2. The number of aliphatic hydroxyl groups excluding tert-OH is 5. The van der Waals surface area contributed by atoms with Crippen LogP contribution in [0, 0.1) is 0 Å². The van der Waals surface area contributed by atoms with E-state index in [-0.39, 0.29) is 12.8 Å². The third-order valence-electron chi connectivity index (χ3n) is 10.9. The molecule has 1 aliphatic rings. The van der Waals surface area contributed by atoms with Crippen LogP contribution >= 0.6 is 7.82 Å². The Balaban J connectivity index is 2.44. The second-order valence-corrected chi connectivity index (χ2v) is 18.3. The number of phosphoric acid groups is 1.